The maximum absolute atomic E-state index is 3.61. The van der Waals surface area contributed by atoms with Crippen LogP contribution in [0.3, 0.4) is 0 Å². The molecule has 2 nitrogen and oxygen atoms in total. The molecular weight excluding hydrogens is 232 g/mol. The summed E-state index contributed by atoms with van der Waals surface area (Å²) < 4.78 is 0. The summed E-state index contributed by atoms with van der Waals surface area (Å²) in [5.74, 6) is 0. The Bertz CT molecular complexity index is 387. The van der Waals surface area contributed by atoms with Gasteiger partial charge in [0.25, 0.3) is 0 Å². The number of nitrogens with zero attached hydrogens (tertiary/aromatic N) is 1. The van der Waals surface area contributed by atoms with Gasteiger partial charge in [-0.15, -0.1) is 0 Å². The van der Waals surface area contributed by atoms with Gasteiger partial charge in [-0.2, -0.15) is 0 Å². The topological polar surface area (TPSA) is 15.3 Å². The first-order valence-electron chi connectivity index (χ1n) is 7.65. The molecule has 0 amide bonds. The molecule has 0 saturated carbocycles. The lowest BCUT2D eigenvalue weighted by atomic mass is 10.0. The van der Waals surface area contributed by atoms with Crippen LogP contribution in [0.15, 0.2) is 18.2 Å². The minimum absolute atomic E-state index is 0.506. The van der Waals surface area contributed by atoms with E-state index in [1.54, 1.807) is 0 Å². The minimum Gasteiger partial charge on any atom is -0.313 e. The normalized spacial score (nSPS) is 21.0. The predicted molar refractivity (Wildman–Crippen MR) is 82.6 cm³/mol. The summed E-state index contributed by atoms with van der Waals surface area (Å²) in [4.78, 5) is 2.59. The minimum atomic E-state index is 0.506. The van der Waals surface area contributed by atoms with Gasteiger partial charge in [0, 0.05) is 18.6 Å². The molecule has 19 heavy (non-hydrogen) atoms. The first-order valence-corrected chi connectivity index (χ1v) is 7.65. The number of nitrogens with one attached hydrogen (secondary N) is 1. The van der Waals surface area contributed by atoms with E-state index in [0.717, 1.165) is 6.54 Å². The lowest BCUT2D eigenvalue weighted by Gasteiger charge is -2.31. The van der Waals surface area contributed by atoms with Gasteiger partial charge >= 0.3 is 0 Å². The van der Waals surface area contributed by atoms with E-state index in [1.165, 1.54) is 42.6 Å². The van der Waals surface area contributed by atoms with Crippen molar-refractivity contribution >= 4 is 0 Å². The summed E-state index contributed by atoms with van der Waals surface area (Å²) in [5, 5.41) is 3.61. The maximum atomic E-state index is 3.61. The highest BCUT2D eigenvalue weighted by molar-refractivity contribution is 5.30. The molecule has 106 valence electrons. The molecule has 2 heteroatoms. The quantitative estimate of drug-likeness (QED) is 0.872. The van der Waals surface area contributed by atoms with Crippen molar-refractivity contribution in [3.63, 3.8) is 0 Å². The average Bonchev–Trinajstić information content (AvgIpc) is 2.86. The molecule has 1 heterocycles. The Labute approximate surface area is 118 Å². The van der Waals surface area contributed by atoms with E-state index in [2.05, 4.69) is 56.1 Å². The fourth-order valence-electron chi connectivity index (χ4n) is 3.22. The number of rotatable bonds is 5. The molecule has 2 atom stereocenters. The van der Waals surface area contributed by atoms with Crippen molar-refractivity contribution in [3.05, 3.63) is 34.9 Å². The van der Waals surface area contributed by atoms with Crippen LogP contribution < -0.4 is 5.32 Å². The van der Waals surface area contributed by atoms with Crippen LogP contribution in [0.2, 0.25) is 0 Å². The molecule has 0 aliphatic carbocycles. The highest BCUT2D eigenvalue weighted by atomic mass is 15.2. The molecule has 1 aliphatic rings. The lowest BCUT2D eigenvalue weighted by Crippen LogP contribution is -2.38. The molecule has 1 aliphatic heterocycles. The summed E-state index contributed by atoms with van der Waals surface area (Å²) in [5.41, 5.74) is 4.20. The Hall–Kier alpha value is -0.860. The Morgan fingerprint density at radius 1 is 1.26 bits per heavy atom. The smallest absolute Gasteiger partial charge is 0.0320 e. The Kier molecular flexibility index (Phi) is 5.00. The fourth-order valence-corrected chi connectivity index (χ4v) is 3.22. The van der Waals surface area contributed by atoms with E-state index in [9.17, 15) is 0 Å². The van der Waals surface area contributed by atoms with Crippen molar-refractivity contribution in [3.8, 4) is 0 Å². The Balaban J connectivity index is 2.07. The van der Waals surface area contributed by atoms with E-state index < -0.39 is 0 Å². The largest absolute Gasteiger partial charge is 0.313 e. The van der Waals surface area contributed by atoms with E-state index in [-0.39, 0.29) is 0 Å². The van der Waals surface area contributed by atoms with Gasteiger partial charge < -0.3 is 5.32 Å². The van der Waals surface area contributed by atoms with Crippen molar-refractivity contribution in [2.45, 2.75) is 52.6 Å². The number of aryl methyl sites for hydroxylation is 2. The average molecular weight is 260 g/mol. The number of hydrogen-bond donors (Lipinski definition) is 1. The van der Waals surface area contributed by atoms with Crippen molar-refractivity contribution in [1.82, 2.24) is 10.2 Å². The number of likely N-dealkylation sites (N-methyl/N-ethyl adjacent to an activating group) is 1. The van der Waals surface area contributed by atoms with Crippen LogP contribution >= 0.6 is 0 Å². The van der Waals surface area contributed by atoms with Crippen molar-refractivity contribution < 1.29 is 0 Å². The molecule has 1 aromatic rings. The van der Waals surface area contributed by atoms with E-state index in [1.807, 2.05) is 0 Å². The zero-order valence-electron chi connectivity index (χ0n) is 12.9. The molecule has 2 unspecified atom stereocenters. The molecule has 2 rings (SSSR count). The molecule has 1 aromatic carbocycles. The second kappa shape index (κ2) is 6.53. The third kappa shape index (κ3) is 3.80. The first kappa shape index (κ1) is 14.5. The maximum Gasteiger partial charge on any atom is 0.0320 e. The molecule has 0 aromatic heterocycles. The van der Waals surface area contributed by atoms with Crippen LogP contribution in [0.25, 0.3) is 0 Å². The molecule has 1 fully saturated rings. The Morgan fingerprint density at radius 3 is 2.47 bits per heavy atom. The SMILES string of the molecule is CCN(CC1CCCN1)C(C)c1cc(C)cc(C)c1. The molecule has 0 bridgehead atoms. The van der Waals surface area contributed by atoms with Crippen molar-refractivity contribution in [2.75, 3.05) is 19.6 Å². The second-order valence-corrected chi connectivity index (χ2v) is 5.98. The predicted octanol–water partition coefficient (Wildman–Crippen LogP) is 3.44. The third-order valence-electron chi connectivity index (χ3n) is 4.30. The van der Waals surface area contributed by atoms with Gasteiger partial charge in [-0.05, 0) is 52.3 Å². The number of benzene rings is 1. The Morgan fingerprint density at radius 2 is 1.95 bits per heavy atom. The molecule has 1 saturated heterocycles. The zero-order chi connectivity index (χ0) is 13.8. The van der Waals surface area contributed by atoms with Crippen LogP contribution in [-0.2, 0) is 0 Å². The molecule has 0 spiro atoms. The van der Waals surface area contributed by atoms with Crippen LogP contribution in [0, 0.1) is 13.8 Å². The van der Waals surface area contributed by atoms with E-state index >= 15 is 0 Å². The number of hydrogen-bond acceptors (Lipinski definition) is 2. The van der Waals surface area contributed by atoms with Gasteiger partial charge in [-0.1, -0.05) is 36.2 Å². The van der Waals surface area contributed by atoms with Crippen LogP contribution in [0.1, 0.15) is 49.4 Å². The fraction of sp³-hybridized carbons (Fsp3) is 0.647. The lowest BCUT2D eigenvalue weighted by molar-refractivity contribution is 0.202. The standard InChI is InChI=1S/C17H28N2/c1-5-19(12-17-7-6-8-18-17)15(4)16-10-13(2)9-14(3)11-16/h9-11,15,17-18H,5-8,12H2,1-4H3. The highest BCUT2D eigenvalue weighted by Gasteiger charge is 2.21. The summed E-state index contributed by atoms with van der Waals surface area (Å²) in [7, 11) is 0. The van der Waals surface area contributed by atoms with E-state index in [4.69, 9.17) is 0 Å². The van der Waals surface area contributed by atoms with Gasteiger partial charge in [-0.3, -0.25) is 4.90 Å². The molecule has 0 radical (unpaired) electrons. The summed E-state index contributed by atoms with van der Waals surface area (Å²) in [6, 6.07) is 8.12. The van der Waals surface area contributed by atoms with Crippen LogP contribution in [-0.4, -0.2) is 30.6 Å². The monoisotopic (exact) mass is 260 g/mol. The van der Waals surface area contributed by atoms with Gasteiger partial charge in [0.15, 0.2) is 0 Å². The second-order valence-electron chi connectivity index (χ2n) is 5.98. The van der Waals surface area contributed by atoms with Crippen molar-refractivity contribution in [2.24, 2.45) is 0 Å². The van der Waals surface area contributed by atoms with Crippen LogP contribution in [0.5, 0.6) is 0 Å². The van der Waals surface area contributed by atoms with E-state index in [0.29, 0.717) is 12.1 Å². The molecular formula is C17H28N2. The van der Waals surface area contributed by atoms with Gasteiger partial charge in [-0.25, -0.2) is 0 Å². The molecule has 1 N–H and O–H groups in total. The summed E-state index contributed by atoms with van der Waals surface area (Å²) in [6.45, 7) is 12.5. The summed E-state index contributed by atoms with van der Waals surface area (Å²) >= 11 is 0. The third-order valence-corrected chi connectivity index (χ3v) is 4.30. The van der Waals surface area contributed by atoms with Gasteiger partial charge in [0.05, 0.1) is 0 Å². The van der Waals surface area contributed by atoms with Gasteiger partial charge in [0.1, 0.15) is 0 Å². The summed E-state index contributed by atoms with van der Waals surface area (Å²) in [6.07, 6.45) is 2.66. The zero-order valence-corrected chi connectivity index (χ0v) is 12.9. The highest BCUT2D eigenvalue weighted by Crippen LogP contribution is 2.23. The van der Waals surface area contributed by atoms with Crippen molar-refractivity contribution in [1.29, 1.82) is 0 Å². The van der Waals surface area contributed by atoms with Crippen LogP contribution in [0.4, 0.5) is 0 Å². The van der Waals surface area contributed by atoms with Gasteiger partial charge in [0.2, 0.25) is 0 Å². The first-order chi connectivity index (χ1) is 9.10.